The lowest BCUT2D eigenvalue weighted by Crippen LogP contribution is -2.44. The lowest BCUT2D eigenvalue weighted by Gasteiger charge is -2.34. The molecule has 1 saturated heterocycles. The third kappa shape index (κ3) is 4.02. The van der Waals surface area contributed by atoms with Crippen LogP contribution in [0.1, 0.15) is 15.9 Å². The van der Waals surface area contributed by atoms with Crippen LogP contribution in [-0.2, 0) is 6.42 Å². The Morgan fingerprint density at radius 3 is 2.39 bits per heavy atom. The van der Waals surface area contributed by atoms with E-state index in [1.165, 1.54) is 12.1 Å². The number of nitrogen functional groups attached to an aromatic ring is 1. The van der Waals surface area contributed by atoms with Crippen LogP contribution in [0.3, 0.4) is 0 Å². The maximum atomic E-state index is 15.0. The summed E-state index contributed by atoms with van der Waals surface area (Å²) in [5, 5.41) is 2.71. The summed E-state index contributed by atoms with van der Waals surface area (Å²) in [5.74, 6) is -1.69. The van der Waals surface area contributed by atoms with Gasteiger partial charge in [0.2, 0.25) is 5.95 Å². The number of fused-ring (bicyclic) bond motifs is 1. The molecule has 0 unspecified atom stereocenters. The van der Waals surface area contributed by atoms with E-state index in [0.717, 1.165) is 37.4 Å². The van der Waals surface area contributed by atoms with Crippen LogP contribution in [0.15, 0.2) is 42.5 Å². The zero-order valence-electron chi connectivity index (χ0n) is 18.4. The van der Waals surface area contributed by atoms with Crippen LogP contribution in [0.5, 0.6) is 0 Å². The summed E-state index contributed by atoms with van der Waals surface area (Å²) >= 11 is 0. The smallest absolute Gasteiger partial charge is 0.251 e. The average Bonchev–Trinajstić information content (AvgIpc) is 2.80. The molecule has 0 aliphatic carbocycles. The zero-order valence-corrected chi connectivity index (χ0v) is 18.4. The minimum atomic E-state index is -0.707. The molecule has 2 aromatic carbocycles. The molecule has 1 amide bonds. The zero-order chi connectivity index (χ0) is 23.1. The second-order valence-corrected chi connectivity index (χ2v) is 8.59. The summed E-state index contributed by atoms with van der Waals surface area (Å²) in [6, 6.07) is 12.0. The van der Waals surface area contributed by atoms with Crippen LogP contribution in [-0.4, -0.2) is 55.6 Å². The molecule has 0 saturated carbocycles. The summed E-state index contributed by atoms with van der Waals surface area (Å²) in [5.41, 5.74) is 9.53. The van der Waals surface area contributed by atoms with Gasteiger partial charge in [-0.3, -0.25) is 4.79 Å². The van der Waals surface area contributed by atoms with Crippen molar-refractivity contribution in [2.24, 2.45) is 0 Å². The third-order valence-electron chi connectivity index (χ3n) is 6.46. The van der Waals surface area contributed by atoms with E-state index in [2.05, 4.69) is 27.1 Å². The number of piperazine rings is 1. The number of amides is 1. The second-order valence-electron chi connectivity index (χ2n) is 8.59. The Balaban J connectivity index is 1.50. The number of aromatic nitrogens is 1. The van der Waals surface area contributed by atoms with E-state index in [4.69, 9.17) is 5.73 Å². The van der Waals surface area contributed by atoms with Crippen molar-refractivity contribution in [3.8, 4) is 22.3 Å². The van der Waals surface area contributed by atoms with Crippen LogP contribution < -0.4 is 16.0 Å². The number of likely N-dealkylation sites (N-methyl/N-ethyl adjacent to an activating group) is 1. The molecule has 3 N–H and O–H groups in total. The van der Waals surface area contributed by atoms with Gasteiger partial charge in [0.25, 0.3) is 5.91 Å². The van der Waals surface area contributed by atoms with Crippen LogP contribution >= 0.6 is 0 Å². The monoisotopic (exact) mass is 449 g/mol. The number of hydrogen-bond acceptors (Lipinski definition) is 5. The van der Waals surface area contributed by atoms with Gasteiger partial charge in [0.15, 0.2) is 0 Å². The Labute approximate surface area is 191 Å². The molecule has 0 spiro atoms. The van der Waals surface area contributed by atoms with Crippen LogP contribution in [0.2, 0.25) is 0 Å². The molecule has 3 heterocycles. The second kappa shape index (κ2) is 8.44. The molecule has 2 aliphatic rings. The topological polar surface area (TPSA) is 74.5 Å². The largest absolute Gasteiger partial charge is 0.383 e. The number of benzene rings is 2. The van der Waals surface area contributed by atoms with Crippen molar-refractivity contribution in [2.45, 2.75) is 6.42 Å². The highest BCUT2D eigenvalue weighted by molar-refractivity contribution is 5.97. The molecule has 5 rings (SSSR count). The highest BCUT2D eigenvalue weighted by atomic mass is 19.1. The minimum Gasteiger partial charge on any atom is -0.383 e. The van der Waals surface area contributed by atoms with Crippen molar-refractivity contribution < 1.29 is 13.6 Å². The fraction of sp³-hybridized carbons (Fsp3) is 0.280. The lowest BCUT2D eigenvalue weighted by molar-refractivity contribution is 0.0945. The van der Waals surface area contributed by atoms with Crippen molar-refractivity contribution in [1.29, 1.82) is 0 Å². The predicted molar refractivity (Wildman–Crippen MR) is 125 cm³/mol. The highest BCUT2D eigenvalue weighted by Crippen LogP contribution is 2.35. The van der Waals surface area contributed by atoms with Crippen LogP contribution in [0, 0.1) is 11.8 Å². The standard InChI is InChI=1S/C25H25F2N5O/c1-31-8-10-32(11-9-31)17-4-2-15(3-5-17)18-13-21(24(28)30-23(18)27)20-12-16-6-7-29-25(33)19(16)14-22(20)26/h2-5,12-14H,6-11H2,1H3,(H2,28,30)(H,29,33). The van der Waals surface area contributed by atoms with Gasteiger partial charge in [0, 0.05) is 60.7 Å². The number of carbonyl (C=O) groups excluding carboxylic acids is 1. The predicted octanol–water partition coefficient (Wildman–Crippen LogP) is 3.31. The molecular formula is C25H25F2N5O. The molecule has 2 aliphatic heterocycles. The van der Waals surface area contributed by atoms with Crippen molar-refractivity contribution in [1.82, 2.24) is 15.2 Å². The summed E-state index contributed by atoms with van der Waals surface area (Å²) in [6.07, 6.45) is 0.587. The maximum absolute atomic E-state index is 15.0. The number of hydrogen-bond donors (Lipinski definition) is 2. The summed E-state index contributed by atoms with van der Waals surface area (Å²) in [6.45, 7) is 4.35. The fourth-order valence-electron chi connectivity index (χ4n) is 4.49. The molecule has 1 fully saturated rings. The third-order valence-corrected chi connectivity index (χ3v) is 6.46. The Morgan fingerprint density at radius 2 is 1.67 bits per heavy atom. The first-order chi connectivity index (χ1) is 15.9. The Kier molecular flexibility index (Phi) is 5.46. The van der Waals surface area contributed by atoms with Crippen molar-refractivity contribution in [2.75, 3.05) is 50.4 Å². The number of nitrogens with two attached hydrogens (primary N) is 1. The summed E-state index contributed by atoms with van der Waals surface area (Å²) in [7, 11) is 2.11. The number of pyridine rings is 1. The number of halogens is 2. The Morgan fingerprint density at radius 1 is 0.939 bits per heavy atom. The normalized spacial score (nSPS) is 16.5. The molecule has 0 atom stereocenters. The van der Waals surface area contributed by atoms with Gasteiger partial charge in [-0.2, -0.15) is 4.39 Å². The molecule has 0 radical (unpaired) electrons. The Hall–Kier alpha value is -3.52. The van der Waals surface area contributed by atoms with E-state index < -0.39 is 11.8 Å². The van der Waals surface area contributed by atoms with Gasteiger partial charge in [-0.25, -0.2) is 9.37 Å². The van der Waals surface area contributed by atoms with Gasteiger partial charge in [-0.15, -0.1) is 0 Å². The molecular weight excluding hydrogens is 424 g/mol. The fourth-order valence-corrected chi connectivity index (χ4v) is 4.49. The SMILES string of the molecule is CN1CCN(c2ccc(-c3cc(-c4cc5c(cc4F)C(=O)NCC5)c(N)nc3F)cc2)CC1. The number of nitrogens with zero attached hydrogens (tertiary/aromatic N) is 3. The van der Waals surface area contributed by atoms with Crippen molar-refractivity contribution in [3.63, 3.8) is 0 Å². The number of nitrogens with one attached hydrogen (secondary N) is 1. The first kappa shape index (κ1) is 21.3. The van der Waals surface area contributed by atoms with Gasteiger partial charge in [0.1, 0.15) is 11.6 Å². The van der Waals surface area contributed by atoms with E-state index in [0.29, 0.717) is 29.7 Å². The first-order valence-electron chi connectivity index (χ1n) is 11.0. The lowest BCUT2D eigenvalue weighted by atomic mass is 9.93. The van der Waals surface area contributed by atoms with E-state index in [9.17, 15) is 13.6 Å². The van der Waals surface area contributed by atoms with E-state index in [1.54, 1.807) is 6.07 Å². The van der Waals surface area contributed by atoms with Crippen molar-refractivity contribution >= 4 is 17.4 Å². The molecule has 0 bridgehead atoms. The average molecular weight is 450 g/mol. The van der Waals surface area contributed by atoms with Gasteiger partial charge in [-0.05, 0) is 54.9 Å². The molecule has 170 valence electrons. The summed E-state index contributed by atoms with van der Waals surface area (Å²) in [4.78, 5) is 20.5. The molecule has 8 heteroatoms. The molecule has 6 nitrogen and oxygen atoms in total. The maximum Gasteiger partial charge on any atom is 0.251 e. The summed E-state index contributed by atoms with van der Waals surface area (Å²) < 4.78 is 29.8. The molecule has 1 aromatic heterocycles. The highest BCUT2D eigenvalue weighted by Gasteiger charge is 2.22. The van der Waals surface area contributed by atoms with Crippen molar-refractivity contribution in [3.05, 3.63) is 65.4 Å². The number of anilines is 2. The molecule has 33 heavy (non-hydrogen) atoms. The van der Waals surface area contributed by atoms with E-state index in [1.807, 2.05) is 24.3 Å². The van der Waals surface area contributed by atoms with Gasteiger partial charge < -0.3 is 20.9 Å². The van der Waals surface area contributed by atoms with Crippen LogP contribution in [0.4, 0.5) is 20.3 Å². The van der Waals surface area contributed by atoms with Gasteiger partial charge in [0.05, 0.1) is 0 Å². The minimum absolute atomic E-state index is 0.0931. The first-order valence-corrected chi connectivity index (χ1v) is 11.0. The van der Waals surface area contributed by atoms with E-state index >= 15 is 0 Å². The van der Waals surface area contributed by atoms with E-state index in [-0.39, 0.29) is 22.9 Å². The van der Waals surface area contributed by atoms with Gasteiger partial charge in [-0.1, -0.05) is 12.1 Å². The van der Waals surface area contributed by atoms with Crippen LogP contribution in [0.25, 0.3) is 22.3 Å². The van der Waals surface area contributed by atoms with Gasteiger partial charge >= 0.3 is 0 Å². The number of rotatable bonds is 3. The quantitative estimate of drug-likeness (QED) is 0.600. The molecule has 3 aromatic rings. The number of carbonyl (C=O) groups is 1. The Bertz CT molecular complexity index is 1220.